The van der Waals surface area contributed by atoms with Crippen LogP contribution in [0, 0.1) is 0 Å². The first-order chi connectivity index (χ1) is 49.7. The van der Waals surface area contributed by atoms with Crippen LogP contribution in [-0.4, -0.2) is 18.3 Å². The molecule has 0 aliphatic rings. The first kappa shape index (κ1) is 17.9. The van der Waals surface area contributed by atoms with E-state index in [1.54, 1.807) is 48.5 Å². The molecule has 4 aromatic heterocycles. The summed E-state index contributed by atoms with van der Waals surface area (Å²) < 4.78 is 313. The molecular formula is C66H44N4. The molecule has 0 aliphatic carbocycles. The van der Waals surface area contributed by atoms with E-state index >= 15 is 0 Å². The summed E-state index contributed by atoms with van der Waals surface area (Å²) in [6, 6.07) is -9.72. The van der Waals surface area contributed by atoms with E-state index in [1.807, 2.05) is 0 Å². The van der Waals surface area contributed by atoms with Gasteiger partial charge < -0.3 is 18.3 Å². The number of hydrogen-bond acceptors (Lipinski definition) is 0. The maximum Gasteiger partial charge on any atom is 0.0667 e. The van der Waals surface area contributed by atoms with Crippen molar-refractivity contribution >= 4 is 87.2 Å². The van der Waals surface area contributed by atoms with E-state index in [0.717, 1.165) is 9.13 Å². The highest BCUT2D eigenvalue weighted by atomic mass is 15.0. The maximum absolute atomic E-state index is 9.53. The number of hydrogen-bond donors (Lipinski definition) is 0. The van der Waals surface area contributed by atoms with Crippen LogP contribution >= 0.6 is 0 Å². The molecule has 15 rings (SSSR count). The van der Waals surface area contributed by atoms with E-state index in [4.69, 9.17) is 48.0 Å². The molecular weight excluding hydrogens is 849 g/mol. The molecule has 4 heterocycles. The number of aromatic nitrogens is 4. The summed E-state index contributed by atoms with van der Waals surface area (Å²) in [7, 11) is 0. The largest absolute Gasteiger partial charge is 0.309 e. The third-order valence-electron chi connectivity index (χ3n) is 11.8. The predicted molar refractivity (Wildman–Crippen MR) is 296 cm³/mol. The van der Waals surface area contributed by atoms with Crippen LogP contribution in [-0.2, 0) is 0 Å². The van der Waals surface area contributed by atoms with Gasteiger partial charge in [0.2, 0.25) is 0 Å². The molecule has 0 saturated carbocycles. The highest BCUT2D eigenvalue weighted by molar-refractivity contribution is 6.12. The van der Waals surface area contributed by atoms with Crippen LogP contribution in [0.5, 0.6) is 0 Å². The Morgan fingerprint density at radius 2 is 0.400 bits per heavy atom. The van der Waals surface area contributed by atoms with Crippen LogP contribution in [0.1, 0.15) is 49.3 Å². The predicted octanol–water partition coefficient (Wildman–Crippen LogP) is 17.4. The zero-order valence-corrected chi connectivity index (χ0v) is 35.4. The first-order valence-corrected chi connectivity index (χ1v) is 21.1. The van der Waals surface area contributed by atoms with E-state index in [-0.39, 0.29) is 43.6 Å². The number of para-hydroxylation sites is 8. The Balaban J connectivity index is 0.000000178. The molecule has 0 N–H and O–H groups in total. The lowest BCUT2D eigenvalue weighted by atomic mass is 10.0. The van der Waals surface area contributed by atoms with Crippen molar-refractivity contribution in [2.45, 2.75) is 0 Å². The van der Waals surface area contributed by atoms with Crippen molar-refractivity contribution in [3.05, 3.63) is 266 Å². The SMILES string of the molecule is [2H]c1c([2H])c(-n2c3c([2H])c([2H])c([2H])c([2H])c3c3c([2H])c([2H])c([2H])c([2H])c32)c([2H])c(-n2c3c([2H])c([2H])c([2H])c([2H])c3c3c([2H])c([2H])c([2H])c([2H])c32)c1[2H].[2H]c1c([2H])c([2H])c2c(c1[2H])c1c([2H])c([2H])c([2H])c([2H])c1n2-c1ccc(-c2ccc(-n3c4c([2H])c([2H])c([2H])c([2H])c4c4c([2H])c([2H])c([2H])c([2H])c43)cc2)cc1. The fourth-order valence-electron chi connectivity index (χ4n) is 8.80. The third kappa shape index (κ3) is 6.24. The van der Waals surface area contributed by atoms with Crippen molar-refractivity contribution in [2.75, 3.05) is 0 Å². The lowest BCUT2D eigenvalue weighted by molar-refractivity contribution is 1.13. The molecule has 4 nitrogen and oxygen atoms in total. The molecule has 0 spiro atoms. The smallest absolute Gasteiger partial charge is 0.0667 e. The Labute approximate surface area is 454 Å². The highest BCUT2D eigenvalue weighted by Crippen LogP contribution is 2.37. The van der Waals surface area contributed by atoms with Gasteiger partial charge in [-0.25, -0.2) is 0 Å². The van der Waals surface area contributed by atoms with E-state index in [9.17, 15) is 1.37 Å². The van der Waals surface area contributed by atoms with Gasteiger partial charge >= 0.3 is 0 Å². The van der Waals surface area contributed by atoms with Crippen LogP contribution in [0.3, 0.4) is 0 Å². The van der Waals surface area contributed by atoms with E-state index < -0.39 is 273 Å². The number of rotatable bonds is 5. The summed E-state index contributed by atoms with van der Waals surface area (Å²) >= 11 is 0. The van der Waals surface area contributed by atoms with Gasteiger partial charge in [0, 0.05) is 65.8 Å². The molecule has 70 heavy (non-hydrogen) atoms. The minimum Gasteiger partial charge on any atom is -0.309 e. The molecule has 11 aromatic carbocycles. The summed E-state index contributed by atoms with van der Waals surface area (Å²) in [5, 5.41) is -1.68. The number of fused-ring (bicyclic) bond motifs is 12. The van der Waals surface area contributed by atoms with Crippen LogP contribution in [0.2, 0.25) is 0 Å². The van der Waals surface area contributed by atoms with E-state index in [2.05, 4.69) is 0 Å². The molecule has 0 radical (unpaired) electrons. The van der Waals surface area contributed by atoms with Gasteiger partial charge in [0.05, 0.1) is 93.5 Å². The quantitative estimate of drug-likeness (QED) is 0.164. The van der Waals surface area contributed by atoms with Crippen molar-refractivity contribution in [1.82, 2.24) is 18.3 Å². The van der Waals surface area contributed by atoms with E-state index in [1.165, 1.54) is 9.13 Å². The zero-order valence-electron chi connectivity index (χ0n) is 71.4. The molecule has 0 atom stereocenters. The monoisotopic (exact) mass is 929 g/mol. The van der Waals surface area contributed by atoms with Crippen LogP contribution in [0.25, 0.3) is 121 Å². The fraction of sp³-hybridized carbons (Fsp3) is 0. The molecule has 0 saturated heterocycles. The van der Waals surface area contributed by atoms with Crippen molar-refractivity contribution in [1.29, 1.82) is 0 Å². The van der Waals surface area contributed by atoms with Crippen molar-refractivity contribution in [2.24, 2.45) is 0 Å². The number of benzene rings is 11. The van der Waals surface area contributed by atoms with Gasteiger partial charge in [-0.2, -0.15) is 0 Å². The second kappa shape index (κ2) is 16.2. The third-order valence-corrected chi connectivity index (χ3v) is 11.8. The first-order valence-electron chi connectivity index (χ1n) is 39.1. The minimum atomic E-state index is -0.936. The second-order valence-electron chi connectivity index (χ2n) is 15.4. The van der Waals surface area contributed by atoms with Crippen LogP contribution < -0.4 is 0 Å². The summed E-state index contributed by atoms with van der Waals surface area (Å²) in [5.41, 5.74) is -1.30. The van der Waals surface area contributed by atoms with Crippen LogP contribution in [0.4, 0.5) is 0 Å². The van der Waals surface area contributed by atoms with Crippen molar-refractivity contribution in [3.63, 3.8) is 0 Å². The second-order valence-corrected chi connectivity index (χ2v) is 15.4. The molecule has 0 fully saturated rings. The standard InChI is InChI=1S/C36H24N2.C30H20N2/c1-5-13-33-29(9-1)30-10-2-6-14-34(30)37(33)27-21-17-25(18-22-27)26-19-23-28(24-20-26)38-35-15-7-3-11-31(35)32-12-4-8-16-36(32)38;1-5-16-27-23(12-1)24-13-2-6-17-28(24)31(27)21-10-9-11-22(20-21)32-29-18-7-3-14-25(29)26-15-4-8-19-30(26)32/h1-24H;1-20H/i1D,2D,3D,4D,5D,6D,7D,8D,9D,10D,11D,12D,13D,14D,15D,16D;1D,2D,3D,4D,5D,6D,7D,8D,9D,10D,11D,12D,13D,14D,15D,16D,17D,18D,19D,20D. The maximum atomic E-state index is 9.53. The average molecular weight is 929 g/mol. The van der Waals surface area contributed by atoms with Crippen LogP contribution in [0.15, 0.2) is 266 Å². The molecule has 0 unspecified atom stereocenters. The Bertz CT molecular complexity index is 5930. The highest BCUT2D eigenvalue weighted by Gasteiger charge is 2.17. The van der Waals surface area contributed by atoms with Gasteiger partial charge in [0.1, 0.15) is 0 Å². The fourth-order valence-corrected chi connectivity index (χ4v) is 8.80. The lowest BCUT2D eigenvalue weighted by Crippen LogP contribution is -1.98. The van der Waals surface area contributed by atoms with Gasteiger partial charge in [-0.15, -0.1) is 0 Å². The molecule has 4 heteroatoms. The van der Waals surface area contributed by atoms with Crippen molar-refractivity contribution < 1.29 is 49.3 Å². The Morgan fingerprint density at radius 3 is 0.629 bits per heavy atom. The Morgan fingerprint density at radius 1 is 0.200 bits per heavy atom. The summed E-state index contributed by atoms with van der Waals surface area (Å²) in [5.74, 6) is 0. The normalized spacial score (nSPS) is 18.9. The molecule has 15 aromatic rings. The minimum absolute atomic E-state index is 0.00206. The van der Waals surface area contributed by atoms with Gasteiger partial charge in [-0.05, 0) is 102 Å². The van der Waals surface area contributed by atoms with Gasteiger partial charge in [0.15, 0.2) is 0 Å². The van der Waals surface area contributed by atoms with Crippen molar-refractivity contribution in [3.8, 4) is 33.9 Å². The van der Waals surface area contributed by atoms with E-state index in [0.29, 0.717) is 22.5 Å². The molecule has 328 valence electrons. The summed E-state index contributed by atoms with van der Waals surface area (Å²) in [4.78, 5) is 0. The Hall–Kier alpha value is -9.38. The summed E-state index contributed by atoms with van der Waals surface area (Å²) in [6.07, 6.45) is 0. The van der Waals surface area contributed by atoms with Gasteiger partial charge in [-0.3, -0.25) is 0 Å². The molecule has 0 bridgehead atoms. The average Bonchev–Trinajstić information content (AvgIpc) is 1.55. The lowest BCUT2D eigenvalue weighted by Gasteiger charge is -2.12. The molecule has 0 aliphatic heterocycles. The Kier molecular flexibility index (Phi) is 4.14. The van der Waals surface area contributed by atoms with Gasteiger partial charge in [-0.1, -0.05) is 175 Å². The topological polar surface area (TPSA) is 19.7 Å². The summed E-state index contributed by atoms with van der Waals surface area (Å²) in [6.45, 7) is 0. The number of nitrogens with zero attached hydrogens (tertiary/aromatic N) is 4. The molecule has 0 amide bonds. The van der Waals surface area contributed by atoms with Gasteiger partial charge in [0.25, 0.3) is 0 Å². The zero-order chi connectivity index (χ0) is 77.5.